The molecule has 1 aromatic carbocycles. The standard InChI is InChI=1S/C15H22N2O7S/c1-4-23-14(18)11(17-15(19)24-5-2)8-10-6-7-12(22-3)13(9-10)25(16,20)21/h6-7,9,11H,4-5,8H2,1-3H3,(H,17,19)(H2,16,20,21)/t11-/m0/s1. The van der Waals surface area contributed by atoms with Crippen molar-refractivity contribution in [2.24, 2.45) is 5.14 Å². The highest BCUT2D eigenvalue weighted by Gasteiger charge is 2.24. The Morgan fingerprint density at radius 1 is 1.20 bits per heavy atom. The van der Waals surface area contributed by atoms with E-state index < -0.39 is 28.1 Å². The molecule has 0 spiro atoms. The van der Waals surface area contributed by atoms with E-state index in [0.29, 0.717) is 5.56 Å². The average Bonchev–Trinajstić information content (AvgIpc) is 2.53. The van der Waals surface area contributed by atoms with Crippen molar-refractivity contribution < 1.29 is 32.2 Å². The van der Waals surface area contributed by atoms with Crippen molar-refractivity contribution in [1.82, 2.24) is 5.32 Å². The fraction of sp³-hybridized carbons (Fsp3) is 0.467. The van der Waals surface area contributed by atoms with Gasteiger partial charge in [0.15, 0.2) is 0 Å². The summed E-state index contributed by atoms with van der Waals surface area (Å²) in [7, 11) is -2.71. The van der Waals surface area contributed by atoms with E-state index in [9.17, 15) is 18.0 Å². The summed E-state index contributed by atoms with van der Waals surface area (Å²) >= 11 is 0. The molecule has 0 radical (unpaired) electrons. The van der Waals surface area contributed by atoms with Gasteiger partial charge in [-0.1, -0.05) is 6.07 Å². The molecule has 1 rings (SSSR count). The van der Waals surface area contributed by atoms with Crippen LogP contribution in [0.15, 0.2) is 23.1 Å². The molecular weight excluding hydrogens is 352 g/mol. The number of alkyl carbamates (subject to hydrolysis) is 1. The van der Waals surface area contributed by atoms with Crippen molar-refractivity contribution in [2.45, 2.75) is 31.2 Å². The molecule has 1 aromatic rings. The minimum atomic E-state index is -4.02. The Hall–Kier alpha value is -2.33. The highest BCUT2D eigenvalue weighted by atomic mass is 32.2. The number of hydrogen-bond donors (Lipinski definition) is 2. The van der Waals surface area contributed by atoms with Gasteiger partial charge in [-0.05, 0) is 31.5 Å². The fourth-order valence-electron chi connectivity index (χ4n) is 2.06. The molecule has 1 amide bonds. The Balaban J connectivity index is 3.10. The SMILES string of the molecule is CCOC(=O)N[C@@H](Cc1ccc(OC)c(S(N)(=O)=O)c1)C(=O)OCC. The molecule has 10 heteroatoms. The number of carbonyl (C=O) groups excluding carboxylic acids is 2. The predicted octanol–water partition coefficient (Wildman–Crippen LogP) is 0.563. The first kappa shape index (κ1) is 20.7. The number of ether oxygens (including phenoxy) is 3. The molecular formula is C15H22N2O7S. The van der Waals surface area contributed by atoms with E-state index in [1.54, 1.807) is 19.9 Å². The average molecular weight is 374 g/mol. The molecule has 0 aromatic heterocycles. The third-order valence-electron chi connectivity index (χ3n) is 3.11. The van der Waals surface area contributed by atoms with E-state index in [1.807, 2.05) is 0 Å². The number of benzene rings is 1. The van der Waals surface area contributed by atoms with Crippen LogP contribution >= 0.6 is 0 Å². The summed E-state index contributed by atoms with van der Waals surface area (Å²) < 4.78 is 38.0. The molecule has 0 heterocycles. The first-order valence-electron chi connectivity index (χ1n) is 7.52. The molecule has 0 unspecified atom stereocenters. The number of nitrogens with one attached hydrogen (secondary N) is 1. The Morgan fingerprint density at radius 3 is 2.36 bits per heavy atom. The van der Waals surface area contributed by atoms with Gasteiger partial charge in [-0.15, -0.1) is 0 Å². The number of esters is 1. The van der Waals surface area contributed by atoms with Crippen molar-refractivity contribution in [2.75, 3.05) is 20.3 Å². The summed E-state index contributed by atoms with van der Waals surface area (Å²) in [4.78, 5) is 23.4. The van der Waals surface area contributed by atoms with Gasteiger partial charge in [-0.2, -0.15) is 0 Å². The van der Waals surface area contributed by atoms with E-state index in [0.717, 1.165) is 0 Å². The molecule has 3 N–H and O–H groups in total. The quantitative estimate of drug-likeness (QED) is 0.635. The van der Waals surface area contributed by atoms with Gasteiger partial charge >= 0.3 is 12.1 Å². The van der Waals surface area contributed by atoms with Crippen molar-refractivity contribution in [3.63, 3.8) is 0 Å². The van der Waals surface area contributed by atoms with Gasteiger partial charge in [-0.3, -0.25) is 0 Å². The molecule has 9 nitrogen and oxygen atoms in total. The van der Waals surface area contributed by atoms with Gasteiger partial charge in [-0.25, -0.2) is 23.1 Å². The molecule has 0 aliphatic heterocycles. The number of methoxy groups -OCH3 is 1. The van der Waals surface area contributed by atoms with Crippen molar-refractivity contribution >= 4 is 22.1 Å². The Labute approximate surface area is 146 Å². The lowest BCUT2D eigenvalue weighted by Crippen LogP contribution is -2.43. The van der Waals surface area contributed by atoms with Crippen LogP contribution in [0.3, 0.4) is 0 Å². The topological polar surface area (TPSA) is 134 Å². The first-order chi connectivity index (χ1) is 11.7. The number of nitrogens with two attached hydrogens (primary N) is 1. The third kappa shape index (κ3) is 6.24. The third-order valence-corrected chi connectivity index (χ3v) is 4.05. The van der Waals surface area contributed by atoms with Gasteiger partial charge < -0.3 is 19.5 Å². The van der Waals surface area contributed by atoms with Crippen LogP contribution in [0.25, 0.3) is 0 Å². The van der Waals surface area contributed by atoms with Gasteiger partial charge in [0.1, 0.15) is 16.7 Å². The van der Waals surface area contributed by atoms with E-state index in [-0.39, 0.29) is 30.3 Å². The summed E-state index contributed by atoms with van der Waals surface area (Å²) in [5.41, 5.74) is 0.444. The zero-order valence-corrected chi connectivity index (χ0v) is 15.1. The van der Waals surface area contributed by atoms with Crippen LogP contribution < -0.4 is 15.2 Å². The smallest absolute Gasteiger partial charge is 0.407 e. The van der Waals surface area contributed by atoms with E-state index in [2.05, 4.69) is 5.32 Å². The minimum absolute atomic E-state index is 0.00976. The van der Waals surface area contributed by atoms with Crippen molar-refractivity contribution in [3.8, 4) is 5.75 Å². The summed E-state index contributed by atoms with van der Waals surface area (Å²) in [6, 6.07) is 3.22. The minimum Gasteiger partial charge on any atom is -0.495 e. The Bertz CT molecular complexity index is 719. The maximum atomic E-state index is 12.0. The largest absolute Gasteiger partial charge is 0.495 e. The molecule has 0 aliphatic carbocycles. The predicted molar refractivity (Wildman–Crippen MR) is 88.6 cm³/mol. The number of primary sulfonamides is 1. The normalized spacial score (nSPS) is 12.2. The van der Waals surface area contributed by atoms with Crippen LogP contribution in [0.4, 0.5) is 4.79 Å². The van der Waals surface area contributed by atoms with Gasteiger partial charge in [0, 0.05) is 6.42 Å². The highest BCUT2D eigenvalue weighted by molar-refractivity contribution is 7.89. The monoisotopic (exact) mass is 374 g/mol. The molecule has 0 bridgehead atoms. The number of amides is 1. The van der Waals surface area contributed by atoms with Gasteiger partial charge in [0.05, 0.1) is 20.3 Å². The second kappa shape index (κ2) is 9.23. The van der Waals surface area contributed by atoms with E-state index in [4.69, 9.17) is 19.3 Å². The number of hydrogen-bond acceptors (Lipinski definition) is 7. The van der Waals surface area contributed by atoms with Crippen LogP contribution in [0.1, 0.15) is 19.4 Å². The second-order valence-corrected chi connectivity index (χ2v) is 6.43. The lowest BCUT2D eigenvalue weighted by molar-refractivity contribution is -0.145. The molecule has 0 saturated carbocycles. The second-order valence-electron chi connectivity index (χ2n) is 4.90. The molecule has 25 heavy (non-hydrogen) atoms. The molecule has 0 fully saturated rings. The van der Waals surface area contributed by atoms with Crippen LogP contribution in [-0.4, -0.2) is 46.8 Å². The lowest BCUT2D eigenvalue weighted by Gasteiger charge is -2.18. The molecule has 140 valence electrons. The lowest BCUT2D eigenvalue weighted by atomic mass is 10.1. The Kier molecular flexibility index (Phi) is 7.65. The number of carbonyl (C=O) groups is 2. The zero-order valence-electron chi connectivity index (χ0n) is 14.3. The Morgan fingerprint density at radius 2 is 1.84 bits per heavy atom. The van der Waals surface area contributed by atoms with Crippen LogP contribution in [0.5, 0.6) is 5.75 Å². The van der Waals surface area contributed by atoms with E-state index >= 15 is 0 Å². The maximum Gasteiger partial charge on any atom is 0.407 e. The summed E-state index contributed by atoms with van der Waals surface area (Å²) in [5.74, 6) is -0.583. The van der Waals surface area contributed by atoms with Crippen LogP contribution in [-0.2, 0) is 30.7 Å². The molecule has 0 saturated heterocycles. The summed E-state index contributed by atoms with van der Waals surface area (Å²) in [6.45, 7) is 3.52. The van der Waals surface area contributed by atoms with E-state index in [1.165, 1.54) is 19.2 Å². The number of rotatable bonds is 8. The van der Waals surface area contributed by atoms with Crippen LogP contribution in [0, 0.1) is 0 Å². The summed E-state index contributed by atoms with van der Waals surface area (Å²) in [6.07, 6.45) is -0.787. The van der Waals surface area contributed by atoms with Crippen molar-refractivity contribution in [1.29, 1.82) is 0 Å². The van der Waals surface area contributed by atoms with Gasteiger partial charge in [0.25, 0.3) is 0 Å². The number of sulfonamides is 1. The van der Waals surface area contributed by atoms with Gasteiger partial charge in [0.2, 0.25) is 10.0 Å². The maximum absolute atomic E-state index is 12.0. The first-order valence-corrected chi connectivity index (χ1v) is 9.07. The van der Waals surface area contributed by atoms with Crippen LogP contribution in [0.2, 0.25) is 0 Å². The molecule has 0 aliphatic rings. The van der Waals surface area contributed by atoms with Crippen molar-refractivity contribution in [3.05, 3.63) is 23.8 Å². The summed E-state index contributed by atoms with van der Waals surface area (Å²) in [5, 5.41) is 7.56. The fourth-order valence-corrected chi connectivity index (χ4v) is 2.80. The highest BCUT2D eigenvalue weighted by Crippen LogP contribution is 2.24. The zero-order chi connectivity index (χ0) is 19.0. The molecule has 1 atom stereocenters.